The van der Waals surface area contributed by atoms with E-state index < -0.39 is 17.8 Å². The van der Waals surface area contributed by atoms with E-state index in [0.29, 0.717) is 69.7 Å². The van der Waals surface area contributed by atoms with Crippen molar-refractivity contribution in [2.75, 3.05) is 68.1 Å². The van der Waals surface area contributed by atoms with Gasteiger partial charge in [0, 0.05) is 37.9 Å². The summed E-state index contributed by atoms with van der Waals surface area (Å²) >= 11 is 0. The van der Waals surface area contributed by atoms with Crippen molar-refractivity contribution >= 4 is 17.5 Å². The van der Waals surface area contributed by atoms with Crippen molar-refractivity contribution in [1.29, 1.82) is 5.26 Å². The molecular formula is C19H20F3N7O2. The van der Waals surface area contributed by atoms with Gasteiger partial charge in [-0.05, 0) is 6.07 Å². The van der Waals surface area contributed by atoms with Crippen molar-refractivity contribution < 1.29 is 22.6 Å². The van der Waals surface area contributed by atoms with Gasteiger partial charge in [0.15, 0.2) is 5.69 Å². The molecule has 2 aliphatic heterocycles. The number of nitriles is 1. The molecule has 4 heterocycles. The standard InChI is InChI=1S/C19H20F3N7O2/c20-19(21,22)16-13(11-25-18(24)27-16)14-9-15(28-1-5-30-6-2-28)12(10-23)17(26-14)29-3-7-31-8-4-29/h9,11H,1-8H2,(H2,24,25,27). The van der Waals surface area contributed by atoms with Crippen molar-refractivity contribution in [3.8, 4) is 17.3 Å². The largest absolute Gasteiger partial charge is 0.434 e. The molecule has 164 valence electrons. The van der Waals surface area contributed by atoms with Crippen LogP contribution in [-0.4, -0.2) is 67.6 Å². The number of nitrogen functional groups attached to an aromatic ring is 1. The Hall–Kier alpha value is -3.17. The number of anilines is 3. The summed E-state index contributed by atoms with van der Waals surface area (Å²) in [5.41, 5.74) is 4.77. The second-order valence-electron chi connectivity index (χ2n) is 7.02. The van der Waals surface area contributed by atoms with Crippen LogP contribution in [0.3, 0.4) is 0 Å². The van der Waals surface area contributed by atoms with Gasteiger partial charge in [-0.3, -0.25) is 0 Å². The van der Waals surface area contributed by atoms with Gasteiger partial charge in [-0.2, -0.15) is 18.4 Å². The molecule has 0 saturated carbocycles. The Kier molecular flexibility index (Phi) is 5.79. The molecule has 0 unspecified atom stereocenters. The minimum atomic E-state index is -4.75. The lowest BCUT2D eigenvalue weighted by molar-refractivity contribution is -0.140. The Morgan fingerprint density at radius 2 is 1.61 bits per heavy atom. The Bertz CT molecular complexity index is 958. The Labute approximate surface area is 176 Å². The quantitative estimate of drug-likeness (QED) is 0.769. The van der Waals surface area contributed by atoms with Crippen LogP contribution in [0.5, 0.6) is 0 Å². The average Bonchev–Trinajstić information content (AvgIpc) is 2.78. The molecule has 0 aliphatic carbocycles. The molecule has 2 N–H and O–H groups in total. The van der Waals surface area contributed by atoms with Crippen molar-refractivity contribution in [2.45, 2.75) is 6.18 Å². The van der Waals surface area contributed by atoms with Gasteiger partial charge in [-0.1, -0.05) is 0 Å². The van der Waals surface area contributed by atoms with E-state index in [0.717, 1.165) is 6.20 Å². The van der Waals surface area contributed by atoms with E-state index in [1.165, 1.54) is 6.07 Å². The predicted octanol–water partition coefficient (Wildman–Crippen LogP) is 1.68. The van der Waals surface area contributed by atoms with E-state index in [2.05, 4.69) is 21.0 Å². The van der Waals surface area contributed by atoms with Crippen molar-refractivity contribution in [1.82, 2.24) is 15.0 Å². The first-order chi connectivity index (χ1) is 14.9. The highest BCUT2D eigenvalue weighted by atomic mass is 19.4. The fourth-order valence-corrected chi connectivity index (χ4v) is 3.62. The zero-order chi connectivity index (χ0) is 22.0. The van der Waals surface area contributed by atoms with E-state index in [1.807, 2.05) is 9.80 Å². The number of aromatic nitrogens is 3. The number of hydrogen-bond acceptors (Lipinski definition) is 9. The summed E-state index contributed by atoms with van der Waals surface area (Å²) < 4.78 is 51.8. The number of rotatable bonds is 3. The summed E-state index contributed by atoms with van der Waals surface area (Å²) in [6.07, 6.45) is -3.73. The topological polar surface area (TPSA) is 113 Å². The van der Waals surface area contributed by atoms with E-state index in [4.69, 9.17) is 15.2 Å². The molecule has 9 nitrogen and oxygen atoms in total. The summed E-state index contributed by atoms with van der Waals surface area (Å²) in [5.74, 6) is -0.165. The summed E-state index contributed by atoms with van der Waals surface area (Å²) in [4.78, 5) is 15.4. The summed E-state index contributed by atoms with van der Waals surface area (Å²) in [5, 5.41) is 9.92. The van der Waals surface area contributed by atoms with Gasteiger partial charge in [0.05, 0.1) is 37.8 Å². The number of alkyl halides is 3. The second-order valence-corrected chi connectivity index (χ2v) is 7.02. The minimum Gasteiger partial charge on any atom is -0.378 e. The molecule has 2 aromatic rings. The van der Waals surface area contributed by atoms with Crippen LogP contribution in [0.15, 0.2) is 12.3 Å². The molecule has 12 heteroatoms. The first kappa shape index (κ1) is 21.1. The van der Waals surface area contributed by atoms with Crippen LogP contribution in [0.2, 0.25) is 0 Å². The summed E-state index contributed by atoms with van der Waals surface area (Å²) in [6, 6.07) is 3.67. The molecule has 0 spiro atoms. The maximum atomic E-state index is 13.7. The van der Waals surface area contributed by atoms with E-state index in [9.17, 15) is 18.4 Å². The molecular weight excluding hydrogens is 415 g/mol. The Balaban J connectivity index is 1.92. The number of nitrogens with two attached hydrogens (primary N) is 1. The number of hydrogen-bond donors (Lipinski definition) is 1. The first-order valence-corrected chi connectivity index (χ1v) is 9.69. The number of morpholine rings is 2. The molecule has 0 radical (unpaired) electrons. The van der Waals surface area contributed by atoms with Gasteiger partial charge in [0.25, 0.3) is 0 Å². The third kappa shape index (κ3) is 4.33. The van der Waals surface area contributed by atoms with Crippen molar-refractivity contribution in [3.05, 3.63) is 23.5 Å². The third-order valence-electron chi connectivity index (χ3n) is 5.11. The van der Waals surface area contributed by atoms with Crippen LogP contribution < -0.4 is 15.5 Å². The number of pyridine rings is 1. The fourth-order valence-electron chi connectivity index (χ4n) is 3.62. The van der Waals surface area contributed by atoms with Gasteiger partial charge in [-0.25, -0.2) is 15.0 Å². The molecule has 2 saturated heterocycles. The molecule has 4 rings (SSSR count). The first-order valence-electron chi connectivity index (χ1n) is 9.69. The number of halogens is 3. The van der Waals surface area contributed by atoms with E-state index in [-0.39, 0.29) is 11.3 Å². The van der Waals surface area contributed by atoms with E-state index in [1.54, 1.807) is 0 Å². The highest BCUT2D eigenvalue weighted by Gasteiger charge is 2.37. The fraction of sp³-hybridized carbons (Fsp3) is 0.474. The van der Waals surface area contributed by atoms with Gasteiger partial charge in [0.1, 0.15) is 17.5 Å². The van der Waals surface area contributed by atoms with Crippen LogP contribution in [0, 0.1) is 11.3 Å². The monoisotopic (exact) mass is 435 g/mol. The number of ether oxygens (including phenoxy) is 2. The lowest BCUT2D eigenvalue weighted by Gasteiger charge is -2.33. The summed E-state index contributed by atoms with van der Waals surface area (Å²) in [6.45, 7) is 3.72. The Morgan fingerprint density at radius 3 is 2.19 bits per heavy atom. The summed E-state index contributed by atoms with van der Waals surface area (Å²) in [7, 11) is 0. The molecule has 2 aromatic heterocycles. The maximum Gasteiger partial charge on any atom is 0.434 e. The van der Waals surface area contributed by atoms with Gasteiger partial charge < -0.3 is 25.0 Å². The van der Waals surface area contributed by atoms with Gasteiger partial charge >= 0.3 is 6.18 Å². The van der Waals surface area contributed by atoms with Crippen LogP contribution in [0.1, 0.15) is 11.3 Å². The Morgan fingerprint density at radius 1 is 1.00 bits per heavy atom. The molecule has 0 amide bonds. The predicted molar refractivity (Wildman–Crippen MR) is 105 cm³/mol. The maximum absolute atomic E-state index is 13.7. The van der Waals surface area contributed by atoms with Crippen LogP contribution in [-0.2, 0) is 15.7 Å². The van der Waals surface area contributed by atoms with Crippen LogP contribution in [0.4, 0.5) is 30.6 Å². The van der Waals surface area contributed by atoms with Gasteiger partial charge in [0.2, 0.25) is 5.95 Å². The molecule has 0 atom stereocenters. The average molecular weight is 435 g/mol. The van der Waals surface area contributed by atoms with Crippen molar-refractivity contribution in [3.63, 3.8) is 0 Å². The number of nitrogens with zero attached hydrogens (tertiary/aromatic N) is 6. The lowest BCUT2D eigenvalue weighted by Crippen LogP contribution is -2.39. The highest BCUT2D eigenvalue weighted by molar-refractivity contribution is 5.77. The molecule has 2 fully saturated rings. The van der Waals surface area contributed by atoms with Crippen LogP contribution >= 0.6 is 0 Å². The molecule has 2 aliphatic rings. The smallest absolute Gasteiger partial charge is 0.378 e. The van der Waals surface area contributed by atoms with Gasteiger partial charge in [-0.15, -0.1) is 0 Å². The molecule has 0 bridgehead atoms. The highest BCUT2D eigenvalue weighted by Crippen LogP contribution is 2.39. The lowest BCUT2D eigenvalue weighted by atomic mass is 10.1. The minimum absolute atomic E-state index is 0.0225. The SMILES string of the molecule is N#Cc1c(N2CCOCC2)cc(-c2cnc(N)nc2C(F)(F)F)nc1N1CCOCC1. The normalized spacial score (nSPS) is 17.5. The van der Waals surface area contributed by atoms with Crippen molar-refractivity contribution in [2.24, 2.45) is 0 Å². The third-order valence-corrected chi connectivity index (χ3v) is 5.11. The zero-order valence-electron chi connectivity index (χ0n) is 16.5. The molecule has 31 heavy (non-hydrogen) atoms. The zero-order valence-corrected chi connectivity index (χ0v) is 16.5. The van der Waals surface area contributed by atoms with E-state index >= 15 is 0 Å². The van der Waals surface area contributed by atoms with Crippen LogP contribution in [0.25, 0.3) is 11.3 Å². The molecule has 0 aromatic carbocycles. The second kappa shape index (κ2) is 8.52.